The van der Waals surface area contributed by atoms with Gasteiger partial charge in [0.15, 0.2) is 0 Å². The zero-order chi connectivity index (χ0) is 18.0. The van der Waals surface area contributed by atoms with Crippen molar-refractivity contribution >= 4 is 17.0 Å². The Bertz CT molecular complexity index is 911. The number of nitrogens with zero attached hydrogens (tertiary/aromatic N) is 3. The molecule has 0 bridgehead atoms. The molecule has 3 heterocycles. The fraction of sp³-hybridized carbons (Fsp3) is 0.333. The first kappa shape index (κ1) is 16.9. The van der Waals surface area contributed by atoms with Gasteiger partial charge in [0.2, 0.25) is 0 Å². The van der Waals surface area contributed by atoms with E-state index in [0.717, 1.165) is 27.9 Å². The zero-order valence-electron chi connectivity index (χ0n) is 14.8. The Morgan fingerprint density at radius 2 is 2.08 bits per heavy atom. The van der Waals surface area contributed by atoms with E-state index in [4.69, 9.17) is 4.74 Å². The van der Waals surface area contributed by atoms with Crippen LogP contribution in [-0.4, -0.2) is 31.9 Å². The summed E-state index contributed by atoms with van der Waals surface area (Å²) in [4.78, 5) is 20.8. The van der Waals surface area contributed by atoms with Gasteiger partial charge >= 0.3 is 6.09 Å². The maximum Gasteiger partial charge on any atom is 0.407 e. The first-order valence-corrected chi connectivity index (χ1v) is 8.05. The Balaban J connectivity index is 1.79. The summed E-state index contributed by atoms with van der Waals surface area (Å²) in [5, 5.41) is 10.6. The van der Waals surface area contributed by atoms with E-state index < -0.39 is 11.7 Å². The molecular formula is C18H21N5O2. The second-order valence-corrected chi connectivity index (χ2v) is 6.85. The molecule has 0 unspecified atom stereocenters. The Morgan fingerprint density at radius 3 is 2.76 bits per heavy atom. The number of H-pyrrole nitrogens is 1. The Kier molecular flexibility index (Phi) is 4.39. The summed E-state index contributed by atoms with van der Waals surface area (Å²) in [5.74, 6) is 0. The smallest absolute Gasteiger partial charge is 0.407 e. The van der Waals surface area contributed by atoms with Gasteiger partial charge < -0.3 is 10.1 Å². The molecule has 0 atom stereocenters. The maximum atomic E-state index is 11.8. The standard InChI is InChI=1S/C18H21N5O2/c1-11-8-21-23-16(11)14-6-5-12-9-19-13(7-15(12)22-14)10-20-17(24)25-18(2,3)4/h5-9H,10H2,1-4H3,(H,20,24)(H,21,23). The Labute approximate surface area is 145 Å². The lowest BCUT2D eigenvalue weighted by Gasteiger charge is -2.19. The molecule has 3 aromatic heterocycles. The van der Waals surface area contributed by atoms with E-state index in [1.807, 2.05) is 45.9 Å². The van der Waals surface area contributed by atoms with Crippen molar-refractivity contribution in [1.82, 2.24) is 25.5 Å². The van der Waals surface area contributed by atoms with Crippen LogP contribution in [0.4, 0.5) is 4.79 Å². The summed E-state index contributed by atoms with van der Waals surface area (Å²) in [6, 6.07) is 5.76. The van der Waals surface area contributed by atoms with Crippen molar-refractivity contribution in [2.24, 2.45) is 0 Å². The lowest BCUT2D eigenvalue weighted by molar-refractivity contribution is 0.0523. The molecule has 0 aromatic carbocycles. The number of rotatable bonds is 3. The minimum atomic E-state index is -0.528. The molecule has 25 heavy (non-hydrogen) atoms. The van der Waals surface area contributed by atoms with Crippen molar-refractivity contribution in [1.29, 1.82) is 0 Å². The number of aromatic amines is 1. The van der Waals surface area contributed by atoms with Crippen LogP contribution in [0.25, 0.3) is 22.3 Å². The maximum absolute atomic E-state index is 11.8. The van der Waals surface area contributed by atoms with E-state index in [-0.39, 0.29) is 6.54 Å². The van der Waals surface area contributed by atoms with Gasteiger partial charge in [-0.25, -0.2) is 9.78 Å². The normalized spacial score (nSPS) is 11.5. The number of amides is 1. The monoisotopic (exact) mass is 339 g/mol. The topological polar surface area (TPSA) is 92.8 Å². The van der Waals surface area contributed by atoms with Crippen LogP contribution in [0.2, 0.25) is 0 Å². The van der Waals surface area contributed by atoms with Gasteiger partial charge in [0.1, 0.15) is 5.60 Å². The summed E-state index contributed by atoms with van der Waals surface area (Å²) in [6.07, 6.45) is 3.05. The molecule has 2 N–H and O–H groups in total. The van der Waals surface area contributed by atoms with Crippen LogP contribution in [0.15, 0.2) is 30.6 Å². The van der Waals surface area contributed by atoms with Crippen LogP contribution in [0.3, 0.4) is 0 Å². The van der Waals surface area contributed by atoms with Crippen LogP contribution in [0, 0.1) is 6.92 Å². The molecule has 0 spiro atoms. The van der Waals surface area contributed by atoms with Gasteiger partial charge in [-0.2, -0.15) is 5.10 Å². The number of hydrogen-bond acceptors (Lipinski definition) is 5. The summed E-state index contributed by atoms with van der Waals surface area (Å²) < 4.78 is 5.22. The van der Waals surface area contributed by atoms with Gasteiger partial charge in [-0.3, -0.25) is 10.1 Å². The number of carbonyl (C=O) groups excluding carboxylic acids is 1. The highest BCUT2D eigenvalue weighted by molar-refractivity contribution is 5.81. The Hall–Kier alpha value is -2.96. The highest BCUT2D eigenvalue weighted by Crippen LogP contribution is 2.21. The van der Waals surface area contributed by atoms with Crippen molar-refractivity contribution in [3.8, 4) is 11.4 Å². The second-order valence-electron chi connectivity index (χ2n) is 6.85. The number of nitrogens with one attached hydrogen (secondary N) is 2. The van der Waals surface area contributed by atoms with Crippen molar-refractivity contribution in [2.75, 3.05) is 0 Å². The number of hydrogen-bond donors (Lipinski definition) is 2. The van der Waals surface area contributed by atoms with Crippen molar-refractivity contribution < 1.29 is 9.53 Å². The summed E-state index contributed by atoms with van der Waals surface area (Å²) >= 11 is 0. The van der Waals surface area contributed by atoms with Crippen LogP contribution in [-0.2, 0) is 11.3 Å². The number of ether oxygens (including phenoxy) is 1. The largest absolute Gasteiger partial charge is 0.444 e. The lowest BCUT2D eigenvalue weighted by Crippen LogP contribution is -2.32. The molecule has 130 valence electrons. The molecular weight excluding hydrogens is 318 g/mol. The molecule has 7 nitrogen and oxygen atoms in total. The highest BCUT2D eigenvalue weighted by atomic mass is 16.6. The molecule has 3 rings (SSSR count). The minimum Gasteiger partial charge on any atom is -0.444 e. The van der Waals surface area contributed by atoms with Crippen molar-refractivity contribution in [3.05, 3.63) is 41.9 Å². The van der Waals surface area contributed by atoms with Crippen LogP contribution in [0.5, 0.6) is 0 Å². The van der Waals surface area contributed by atoms with E-state index in [0.29, 0.717) is 5.69 Å². The van der Waals surface area contributed by atoms with E-state index in [1.165, 1.54) is 0 Å². The minimum absolute atomic E-state index is 0.278. The summed E-state index contributed by atoms with van der Waals surface area (Å²) in [7, 11) is 0. The van der Waals surface area contributed by atoms with E-state index in [1.54, 1.807) is 12.4 Å². The number of aryl methyl sites for hydroxylation is 1. The SMILES string of the molecule is Cc1cn[nH]c1-c1ccc2cnc(CNC(=O)OC(C)(C)C)cc2n1. The van der Waals surface area contributed by atoms with Gasteiger partial charge in [-0.1, -0.05) is 0 Å². The average molecular weight is 339 g/mol. The number of fused-ring (bicyclic) bond motifs is 1. The molecule has 7 heteroatoms. The molecule has 0 fully saturated rings. The zero-order valence-corrected chi connectivity index (χ0v) is 14.8. The van der Waals surface area contributed by atoms with E-state index in [2.05, 4.69) is 25.5 Å². The molecule has 0 radical (unpaired) electrons. The van der Waals surface area contributed by atoms with Gasteiger partial charge in [0, 0.05) is 11.6 Å². The second kappa shape index (κ2) is 6.51. The lowest BCUT2D eigenvalue weighted by atomic mass is 10.1. The van der Waals surface area contributed by atoms with Crippen molar-refractivity contribution in [2.45, 2.75) is 39.8 Å². The van der Waals surface area contributed by atoms with Crippen molar-refractivity contribution in [3.63, 3.8) is 0 Å². The summed E-state index contributed by atoms with van der Waals surface area (Å²) in [6.45, 7) is 7.73. The molecule has 1 amide bonds. The van der Waals surface area contributed by atoms with Gasteiger partial charge in [0.05, 0.1) is 35.3 Å². The quantitative estimate of drug-likeness (QED) is 0.763. The molecule has 0 saturated heterocycles. The number of alkyl carbamates (subject to hydrolysis) is 1. The first-order chi connectivity index (χ1) is 11.8. The summed E-state index contributed by atoms with van der Waals surface area (Å²) in [5.41, 5.74) is 3.74. The molecule has 0 aliphatic carbocycles. The molecule has 0 saturated carbocycles. The number of carbonyl (C=O) groups is 1. The van der Waals surface area contributed by atoms with E-state index in [9.17, 15) is 4.79 Å². The van der Waals surface area contributed by atoms with Crippen LogP contribution in [0.1, 0.15) is 32.0 Å². The van der Waals surface area contributed by atoms with Gasteiger partial charge in [-0.15, -0.1) is 0 Å². The molecule has 0 aliphatic rings. The predicted octanol–water partition coefficient (Wildman–Crippen LogP) is 3.35. The highest BCUT2D eigenvalue weighted by Gasteiger charge is 2.16. The third-order valence-electron chi connectivity index (χ3n) is 3.53. The first-order valence-electron chi connectivity index (χ1n) is 8.05. The third kappa shape index (κ3) is 4.12. The number of pyridine rings is 2. The number of aromatic nitrogens is 4. The fourth-order valence-corrected chi connectivity index (χ4v) is 2.38. The third-order valence-corrected chi connectivity index (χ3v) is 3.53. The Morgan fingerprint density at radius 1 is 1.28 bits per heavy atom. The fourth-order valence-electron chi connectivity index (χ4n) is 2.38. The van der Waals surface area contributed by atoms with Crippen LogP contribution < -0.4 is 5.32 Å². The molecule has 0 aliphatic heterocycles. The van der Waals surface area contributed by atoms with E-state index >= 15 is 0 Å². The van der Waals surface area contributed by atoms with Gasteiger partial charge in [0.25, 0.3) is 0 Å². The predicted molar refractivity (Wildman–Crippen MR) is 94.9 cm³/mol. The molecule has 3 aromatic rings. The average Bonchev–Trinajstić information content (AvgIpc) is 2.96. The van der Waals surface area contributed by atoms with Crippen LogP contribution >= 0.6 is 0 Å². The van der Waals surface area contributed by atoms with Gasteiger partial charge in [-0.05, 0) is 51.5 Å².